The minimum atomic E-state index is 0. The van der Waals surface area contributed by atoms with E-state index >= 15 is 0 Å². The van der Waals surface area contributed by atoms with Gasteiger partial charge in [-0.1, -0.05) is 6.07 Å². The molecular formula is C22H26N6O2. The fourth-order valence-electron chi connectivity index (χ4n) is 3.56. The molecule has 4 rings (SSSR count). The van der Waals surface area contributed by atoms with Gasteiger partial charge in [-0.05, 0) is 36.8 Å². The molecule has 1 aliphatic rings. The maximum atomic E-state index is 8.82. The van der Waals surface area contributed by atoms with E-state index in [1.54, 1.807) is 19.4 Å². The van der Waals surface area contributed by atoms with Crippen LogP contribution in [0.1, 0.15) is 18.2 Å². The number of ether oxygens (including phenoxy) is 2. The average Bonchev–Trinajstić information content (AvgIpc) is 2.79. The van der Waals surface area contributed by atoms with Crippen molar-refractivity contribution in [1.82, 2.24) is 15.0 Å². The Morgan fingerprint density at radius 3 is 2.73 bits per heavy atom. The summed E-state index contributed by atoms with van der Waals surface area (Å²) >= 11 is 0. The van der Waals surface area contributed by atoms with Crippen LogP contribution in [0.4, 0.5) is 11.5 Å². The first-order valence-electron chi connectivity index (χ1n) is 9.72. The predicted octanol–water partition coefficient (Wildman–Crippen LogP) is 2.94. The summed E-state index contributed by atoms with van der Waals surface area (Å²) in [5, 5.41) is 8.82. The summed E-state index contributed by atoms with van der Waals surface area (Å²) < 4.78 is 10.8. The molecule has 0 bridgehead atoms. The molecule has 0 unspecified atom stereocenters. The third-order valence-corrected chi connectivity index (χ3v) is 5.18. The number of methoxy groups -OCH3 is 1. The van der Waals surface area contributed by atoms with Crippen LogP contribution in [0.25, 0.3) is 11.1 Å². The number of aryl methyl sites for hydroxylation is 1. The normalized spacial score (nSPS) is 13.9. The summed E-state index contributed by atoms with van der Waals surface area (Å²) in [6, 6.07) is 9.34. The largest absolute Gasteiger partial charge is 0.480 e. The van der Waals surface area contributed by atoms with Crippen LogP contribution in [0.2, 0.25) is 0 Å². The zero-order valence-corrected chi connectivity index (χ0v) is 17.1. The number of rotatable bonds is 5. The smallest absolute Gasteiger partial charge is 0.224 e. The van der Waals surface area contributed by atoms with Gasteiger partial charge in [0, 0.05) is 37.5 Å². The number of nitrogens with zero attached hydrogens (tertiary/aromatic N) is 4. The van der Waals surface area contributed by atoms with Crippen LogP contribution in [0.5, 0.6) is 5.88 Å². The van der Waals surface area contributed by atoms with Gasteiger partial charge in [-0.25, -0.2) is 15.0 Å². The molecule has 1 aliphatic heterocycles. The van der Waals surface area contributed by atoms with Gasteiger partial charge in [-0.15, -0.1) is 0 Å². The Labute approximate surface area is 176 Å². The number of pyridine rings is 1. The molecular weight excluding hydrogens is 380 g/mol. The van der Waals surface area contributed by atoms with Gasteiger partial charge >= 0.3 is 0 Å². The molecule has 3 aromatic rings. The number of benzene rings is 1. The molecule has 0 aliphatic carbocycles. The molecule has 8 heteroatoms. The average molecular weight is 406 g/mol. The van der Waals surface area contributed by atoms with Crippen molar-refractivity contribution < 1.29 is 10.9 Å². The van der Waals surface area contributed by atoms with Crippen molar-refractivity contribution in [3.63, 3.8) is 0 Å². The first kappa shape index (κ1) is 19.8. The van der Waals surface area contributed by atoms with Crippen molar-refractivity contribution in [3.05, 3.63) is 59.7 Å². The summed E-state index contributed by atoms with van der Waals surface area (Å²) in [6.07, 6.45) is 3.20. The van der Waals surface area contributed by atoms with E-state index in [0.717, 1.165) is 41.3 Å². The molecule has 2 aromatic heterocycles. The van der Waals surface area contributed by atoms with E-state index in [9.17, 15) is 0 Å². The first-order valence-corrected chi connectivity index (χ1v) is 9.72. The number of nitrogens with one attached hydrogen (secondary N) is 1. The molecule has 30 heavy (non-hydrogen) atoms. The van der Waals surface area contributed by atoms with E-state index in [1.165, 1.54) is 6.33 Å². The summed E-state index contributed by atoms with van der Waals surface area (Å²) in [6.45, 7) is 4.83. The van der Waals surface area contributed by atoms with Gasteiger partial charge in [0.25, 0.3) is 0 Å². The number of hydrogen-bond donors (Lipinski definition) is 2. The molecule has 8 nitrogen and oxygen atoms in total. The minimum Gasteiger partial charge on any atom is -0.480 e. The topological polar surface area (TPSA) is 110 Å². The number of nitrogen functional groups attached to an aromatic ring is 1. The van der Waals surface area contributed by atoms with Crippen molar-refractivity contribution in [2.75, 3.05) is 44.0 Å². The molecule has 1 saturated heterocycles. The summed E-state index contributed by atoms with van der Waals surface area (Å²) in [4.78, 5) is 15.1. The molecule has 156 valence electrons. The highest BCUT2D eigenvalue weighted by molar-refractivity contribution is 6.14. The second kappa shape index (κ2) is 8.46. The molecule has 3 heterocycles. The SMILES string of the molecule is COc1ncnc(C)c1-c1ccc(N)c(C(=N)c2ccnc(N3CCOCC3)c2)c1.[HH]. The van der Waals surface area contributed by atoms with Gasteiger partial charge in [-0.3, -0.25) is 5.41 Å². The van der Waals surface area contributed by atoms with Crippen LogP contribution in [0.15, 0.2) is 42.9 Å². The van der Waals surface area contributed by atoms with E-state index in [-0.39, 0.29) is 1.43 Å². The lowest BCUT2D eigenvalue weighted by Gasteiger charge is -2.28. The van der Waals surface area contributed by atoms with Gasteiger partial charge in [0.05, 0.1) is 37.3 Å². The Hall–Kier alpha value is -3.52. The van der Waals surface area contributed by atoms with Crippen LogP contribution >= 0.6 is 0 Å². The van der Waals surface area contributed by atoms with Crippen LogP contribution in [0, 0.1) is 12.3 Å². The van der Waals surface area contributed by atoms with Crippen molar-refractivity contribution in [1.29, 1.82) is 5.41 Å². The fourth-order valence-corrected chi connectivity index (χ4v) is 3.56. The molecule has 0 amide bonds. The number of hydrogen-bond acceptors (Lipinski definition) is 8. The summed E-state index contributed by atoms with van der Waals surface area (Å²) in [5.41, 5.74) is 10.9. The van der Waals surface area contributed by atoms with E-state index < -0.39 is 0 Å². The quantitative estimate of drug-likeness (QED) is 0.495. The minimum absolute atomic E-state index is 0. The Bertz CT molecular complexity index is 1090. The van der Waals surface area contributed by atoms with Gasteiger partial charge in [0.15, 0.2) is 0 Å². The number of anilines is 2. The maximum absolute atomic E-state index is 8.82. The highest BCUT2D eigenvalue weighted by Crippen LogP contribution is 2.32. The molecule has 3 N–H and O–H groups in total. The van der Waals surface area contributed by atoms with E-state index in [4.69, 9.17) is 20.6 Å². The molecule has 1 fully saturated rings. The summed E-state index contributed by atoms with van der Waals surface area (Å²) in [5.74, 6) is 1.33. The van der Waals surface area contributed by atoms with Crippen molar-refractivity contribution >= 4 is 17.2 Å². The van der Waals surface area contributed by atoms with Crippen LogP contribution in [0.3, 0.4) is 0 Å². The highest BCUT2D eigenvalue weighted by atomic mass is 16.5. The van der Waals surface area contributed by atoms with Crippen molar-refractivity contribution in [2.45, 2.75) is 6.92 Å². The lowest BCUT2D eigenvalue weighted by atomic mass is 9.96. The Morgan fingerprint density at radius 1 is 1.17 bits per heavy atom. The lowest BCUT2D eigenvalue weighted by molar-refractivity contribution is 0.122. The Balaban J connectivity index is 0.00000272. The molecule has 0 spiro atoms. The monoisotopic (exact) mass is 406 g/mol. The van der Waals surface area contributed by atoms with E-state index in [0.29, 0.717) is 36.1 Å². The first-order chi connectivity index (χ1) is 14.6. The predicted molar refractivity (Wildman–Crippen MR) is 118 cm³/mol. The Morgan fingerprint density at radius 2 is 1.97 bits per heavy atom. The second-order valence-electron chi connectivity index (χ2n) is 7.02. The van der Waals surface area contributed by atoms with Crippen LogP contribution < -0.4 is 15.4 Å². The third-order valence-electron chi connectivity index (χ3n) is 5.18. The number of morpholine rings is 1. The number of aromatic nitrogens is 3. The van der Waals surface area contributed by atoms with Gasteiger partial charge in [-0.2, -0.15) is 0 Å². The van der Waals surface area contributed by atoms with E-state index in [1.807, 2.05) is 31.2 Å². The second-order valence-corrected chi connectivity index (χ2v) is 7.02. The Kier molecular flexibility index (Phi) is 5.58. The lowest BCUT2D eigenvalue weighted by Crippen LogP contribution is -2.36. The van der Waals surface area contributed by atoms with Crippen LogP contribution in [-0.4, -0.2) is 54.1 Å². The fraction of sp³-hybridized carbons (Fsp3) is 0.273. The summed E-state index contributed by atoms with van der Waals surface area (Å²) in [7, 11) is 1.58. The van der Waals surface area contributed by atoms with Crippen molar-refractivity contribution in [3.8, 4) is 17.0 Å². The molecule has 0 radical (unpaired) electrons. The zero-order valence-electron chi connectivity index (χ0n) is 17.1. The van der Waals surface area contributed by atoms with Crippen molar-refractivity contribution in [2.24, 2.45) is 0 Å². The third kappa shape index (κ3) is 3.81. The maximum Gasteiger partial charge on any atom is 0.224 e. The highest BCUT2D eigenvalue weighted by Gasteiger charge is 2.17. The molecule has 0 saturated carbocycles. The van der Waals surface area contributed by atoms with Crippen LogP contribution in [-0.2, 0) is 4.74 Å². The molecule has 0 atom stereocenters. The van der Waals surface area contributed by atoms with Gasteiger partial charge in [0.2, 0.25) is 5.88 Å². The van der Waals surface area contributed by atoms with Gasteiger partial charge < -0.3 is 20.1 Å². The zero-order chi connectivity index (χ0) is 21.1. The number of nitrogens with two attached hydrogens (primary N) is 1. The molecule has 1 aromatic carbocycles. The standard InChI is InChI=1S/C22H24N6O2.H2/c1-14-20(22(29-2)27-13-26-14)15-3-4-18(23)17(11-15)21(24)16-5-6-25-19(12-16)28-7-9-30-10-8-28;/h3-6,11-13,24H,7-10,23H2,1-2H3;1H. The van der Waals surface area contributed by atoms with Gasteiger partial charge in [0.1, 0.15) is 12.1 Å². The van der Waals surface area contributed by atoms with E-state index in [2.05, 4.69) is 19.9 Å².